The third kappa shape index (κ3) is 5.77. The molecule has 1 atom stereocenters. The second kappa shape index (κ2) is 10.8. The van der Waals surface area contributed by atoms with Crippen molar-refractivity contribution in [3.05, 3.63) is 34.3 Å². The molecule has 0 saturated heterocycles. The fourth-order valence-electron chi connectivity index (χ4n) is 2.56. The summed E-state index contributed by atoms with van der Waals surface area (Å²) in [6.45, 7) is 1.22. The molecule has 9 nitrogen and oxygen atoms in total. The quantitative estimate of drug-likeness (QED) is 0.420. The average Bonchev–Trinajstić information content (AvgIpc) is 2.74. The third-order valence-electron chi connectivity index (χ3n) is 4.06. The van der Waals surface area contributed by atoms with Crippen LogP contribution in [0.2, 0.25) is 10.0 Å². The molecule has 1 amide bonds. The Hall–Kier alpha value is -3.04. The standard InChI is InChI=1S/C20H21Cl2N3O6/c1-10(26)18(25-24-14-6-11(21)7-16(30-4)19(14)31-5)20(27)23-13-8-12(28-2)9-15(29-3)17(13)22/h6-9,18H,1-5H3,(H,23,27). The van der Waals surface area contributed by atoms with Gasteiger partial charge in [0.1, 0.15) is 22.2 Å². The van der Waals surface area contributed by atoms with Crippen LogP contribution in [0.3, 0.4) is 0 Å². The Morgan fingerprint density at radius 2 is 1.61 bits per heavy atom. The number of ketones is 1. The molecule has 2 aromatic rings. The van der Waals surface area contributed by atoms with Gasteiger partial charge in [0, 0.05) is 23.2 Å². The van der Waals surface area contributed by atoms with Gasteiger partial charge in [-0.05, 0) is 13.0 Å². The second-order valence-electron chi connectivity index (χ2n) is 6.07. The molecule has 0 heterocycles. The Morgan fingerprint density at radius 1 is 0.935 bits per heavy atom. The number of hydrogen-bond acceptors (Lipinski definition) is 8. The lowest BCUT2D eigenvalue weighted by atomic mass is 10.2. The highest BCUT2D eigenvalue weighted by Gasteiger charge is 2.25. The number of hydrogen-bond donors (Lipinski definition) is 1. The maximum absolute atomic E-state index is 12.8. The molecule has 0 fully saturated rings. The zero-order valence-corrected chi connectivity index (χ0v) is 19.0. The lowest BCUT2D eigenvalue weighted by molar-refractivity contribution is -0.126. The summed E-state index contributed by atoms with van der Waals surface area (Å²) in [7, 11) is 5.73. The Balaban J connectivity index is 2.37. The van der Waals surface area contributed by atoms with E-state index in [0.29, 0.717) is 16.5 Å². The van der Waals surface area contributed by atoms with Gasteiger partial charge in [-0.2, -0.15) is 10.2 Å². The van der Waals surface area contributed by atoms with Crippen LogP contribution in [0.5, 0.6) is 23.0 Å². The normalized spacial score (nSPS) is 11.7. The summed E-state index contributed by atoms with van der Waals surface area (Å²) in [5, 5.41) is 10.9. The van der Waals surface area contributed by atoms with Crippen LogP contribution in [0.15, 0.2) is 34.5 Å². The number of nitrogens with one attached hydrogen (secondary N) is 1. The van der Waals surface area contributed by atoms with Crippen LogP contribution in [0.4, 0.5) is 11.4 Å². The molecule has 1 N–H and O–H groups in total. The van der Waals surface area contributed by atoms with Crippen molar-refractivity contribution in [1.29, 1.82) is 0 Å². The van der Waals surface area contributed by atoms with E-state index >= 15 is 0 Å². The van der Waals surface area contributed by atoms with Gasteiger partial charge in [0.25, 0.3) is 5.91 Å². The number of ether oxygens (including phenoxy) is 4. The summed E-state index contributed by atoms with van der Waals surface area (Å²) in [5.74, 6) is -0.0371. The van der Waals surface area contributed by atoms with Gasteiger partial charge in [0.05, 0.1) is 34.1 Å². The van der Waals surface area contributed by atoms with Crippen LogP contribution in [0, 0.1) is 0 Å². The van der Waals surface area contributed by atoms with Gasteiger partial charge in [-0.25, -0.2) is 0 Å². The van der Waals surface area contributed by atoms with Gasteiger partial charge in [-0.3, -0.25) is 9.59 Å². The molecule has 0 spiro atoms. The van der Waals surface area contributed by atoms with Crippen LogP contribution in [-0.4, -0.2) is 46.2 Å². The summed E-state index contributed by atoms with van der Waals surface area (Å²) in [6, 6.07) is 4.59. The van der Waals surface area contributed by atoms with Crippen molar-refractivity contribution in [3.8, 4) is 23.0 Å². The molecule has 2 aromatic carbocycles. The van der Waals surface area contributed by atoms with Gasteiger partial charge in [-0.15, -0.1) is 0 Å². The molecule has 0 aromatic heterocycles. The monoisotopic (exact) mass is 469 g/mol. The maximum Gasteiger partial charge on any atom is 0.258 e. The highest BCUT2D eigenvalue weighted by Crippen LogP contribution is 2.40. The number of anilines is 1. The van der Waals surface area contributed by atoms with E-state index in [1.165, 1.54) is 53.6 Å². The van der Waals surface area contributed by atoms with Gasteiger partial charge >= 0.3 is 0 Å². The predicted molar refractivity (Wildman–Crippen MR) is 117 cm³/mol. The third-order valence-corrected chi connectivity index (χ3v) is 4.67. The average molecular weight is 470 g/mol. The summed E-state index contributed by atoms with van der Waals surface area (Å²) >= 11 is 12.3. The number of carbonyl (C=O) groups excluding carboxylic acids is 2. The number of carbonyl (C=O) groups is 2. The Labute approximate surface area is 189 Å². The van der Waals surface area contributed by atoms with Crippen molar-refractivity contribution < 1.29 is 28.5 Å². The van der Waals surface area contributed by atoms with E-state index in [9.17, 15) is 9.59 Å². The first-order valence-corrected chi connectivity index (χ1v) is 9.56. The molecular formula is C20H21Cl2N3O6. The number of azo groups is 1. The minimum absolute atomic E-state index is 0.136. The molecule has 0 saturated carbocycles. The van der Waals surface area contributed by atoms with E-state index in [-0.39, 0.29) is 27.9 Å². The molecule has 31 heavy (non-hydrogen) atoms. The van der Waals surface area contributed by atoms with Crippen molar-refractivity contribution in [1.82, 2.24) is 0 Å². The van der Waals surface area contributed by atoms with Crippen LogP contribution in [-0.2, 0) is 9.59 Å². The topological polar surface area (TPSA) is 108 Å². The lowest BCUT2D eigenvalue weighted by Crippen LogP contribution is -2.32. The first-order valence-electron chi connectivity index (χ1n) is 8.80. The zero-order chi connectivity index (χ0) is 23.1. The van der Waals surface area contributed by atoms with E-state index in [4.69, 9.17) is 42.1 Å². The highest BCUT2D eigenvalue weighted by atomic mass is 35.5. The van der Waals surface area contributed by atoms with E-state index < -0.39 is 17.7 Å². The highest BCUT2D eigenvalue weighted by molar-refractivity contribution is 6.35. The van der Waals surface area contributed by atoms with E-state index in [1.54, 1.807) is 6.07 Å². The summed E-state index contributed by atoms with van der Waals surface area (Å²) in [6.07, 6.45) is 0. The van der Waals surface area contributed by atoms with Crippen molar-refractivity contribution in [2.75, 3.05) is 33.8 Å². The molecule has 1 unspecified atom stereocenters. The van der Waals surface area contributed by atoms with Crippen molar-refractivity contribution in [2.45, 2.75) is 13.0 Å². The van der Waals surface area contributed by atoms with Crippen LogP contribution in [0.25, 0.3) is 0 Å². The lowest BCUT2D eigenvalue weighted by Gasteiger charge is -2.14. The minimum atomic E-state index is -1.46. The van der Waals surface area contributed by atoms with Crippen LogP contribution < -0.4 is 24.3 Å². The van der Waals surface area contributed by atoms with Crippen LogP contribution >= 0.6 is 23.2 Å². The van der Waals surface area contributed by atoms with Gasteiger partial charge in [0.15, 0.2) is 17.3 Å². The van der Waals surface area contributed by atoms with Crippen molar-refractivity contribution in [3.63, 3.8) is 0 Å². The molecule has 2 rings (SSSR count). The second-order valence-corrected chi connectivity index (χ2v) is 6.88. The van der Waals surface area contributed by atoms with Crippen LogP contribution in [0.1, 0.15) is 6.92 Å². The predicted octanol–water partition coefficient (Wildman–Crippen LogP) is 4.71. The minimum Gasteiger partial charge on any atom is -0.497 e. The molecule has 11 heteroatoms. The largest absolute Gasteiger partial charge is 0.497 e. The van der Waals surface area contributed by atoms with Crippen molar-refractivity contribution in [2.24, 2.45) is 10.2 Å². The zero-order valence-electron chi connectivity index (χ0n) is 17.5. The van der Waals surface area contributed by atoms with Crippen molar-refractivity contribution >= 4 is 46.3 Å². The number of methoxy groups -OCH3 is 4. The Kier molecular flexibility index (Phi) is 8.47. The number of amides is 1. The number of benzene rings is 2. The molecule has 0 aliphatic rings. The smallest absolute Gasteiger partial charge is 0.258 e. The number of halogens is 2. The van der Waals surface area contributed by atoms with Gasteiger partial charge in [-0.1, -0.05) is 23.2 Å². The maximum atomic E-state index is 12.8. The molecule has 166 valence electrons. The molecule has 0 bridgehead atoms. The molecule has 0 aliphatic heterocycles. The number of nitrogens with zero attached hydrogens (tertiary/aromatic N) is 2. The van der Waals surface area contributed by atoms with E-state index in [0.717, 1.165) is 0 Å². The molecule has 0 radical (unpaired) electrons. The molecule has 0 aliphatic carbocycles. The van der Waals surface area contributed by atoms with Gasteiger partial charge < -0.3 is 24.3 Å². The first-order chi connectivity index (χ1) is 14.7. The van der Waals surface area contributed by atoms with E-state index in [1.807, 2.05) is 0 Å². The Morgan fingerprint density at radius 3 is 2.16 bits per heavy atom. The van der Waals surface area contributed by atoms with Gasteiger partial charge in [0.2, 0.25) is 6.04 Å². The SMILES string of the molecule is COc1cc(NC(=O)C(N=Nc2cc(Cl)cc(OC)c2OC)C(C)=O)c(Cl)c(OC)c1. The summed E-state index contributed by atoms with van der Waals surface area (Å²) in [4.78, 5) is 24.9. The fraction of sp³-hybridized carbons (Fsp3) is 0.300. The first kappa shape index (κ1) is 24.2. The Bertz CT molecular complexity index is 1010. The fourth-order valence-corrected chi connectivity index (χ4v) is 2.99. The summed E-state index contributed by atoms with van der Waals surface area (Å²) in [5.41, 5.74) is 0.373. The number of rotatable bonds is 9. The molecular weight excluding hydrogens is 449 g/mol. The summed E-state index contributed by atoms with van der Waals surface area (Å²) < 4.78 is 20.8. The van der Waals surface area contributed by atoms with E-state index in [2.05, 4.69) is 15.5 Å². The number of Topliss-reactive ketones (excluding diaryl/α,β-unsaturated/α-hetero) is 1.